The van der Waals surface area contributed by atoms with E-state index in [4.69, 9.17) is 9.72 Å². The van der Waals surface area contributed by atoms with Crippen LogP contribution in [0.25, 0.3) is 11.0 Å². The zero-order chi connectivity index (χ0) is 13.9. The molecule has 1 saturated heterocycles. The van der Waals surface area contributed by atoms with Gasteiger partial charge in [0.1, 0.15) is 0 Å². The fraction of sp³-hybridized carbons (Fsp3) is 0.467. The summed E-state index contributed by atoms with van der Waals surface area (Å²) in [6.07, 6.45) is 1.12. The van der Waals surface area contributed by atoms with E-state index < -0.39 is 0 Å². The van der Waals surface area contributed by atoms with Crippen molar-refractivity contribution in [1.82, 2.24) is 15.3 Å². The van der Waals surface area contributed by atoms with Gasteiger partial charge in [-0.3, -0.25) is 0 Å². The summed E-state index contributed by atoms with van der Waals surface area (Å²) in [5.74, 6) is 1.46. The second kappa shape index (κ2) is 6.91. The molecule has 5 nitrogen and oxygen atoms in total. The molecule has 1 atom stereocenters. The van der Waals surface area contributed by atoms with Gasteiger partial charge in [0.05, 0.1) is 17.6 Å². The lowest BCUT2D eigenvalue weighted by Crippen LogP contribution is -2.34. The van der Waals surface area contributed by atoms with E-state index in [-0.39, 0.29) is 12.4 Å². The molecule has 0 aliphatic carbocycles. The number of aromatic nitrogens is 2. The Labute approximate surface area is 131 Å². The van der Waals surface area contributed by atoms with Gasteiger partial charge in [0.25, 0.3) is 5.88 Å². The van der Waals surface area contributed by atoms with Crippen molar-refractivity contribution >= 4 is 29.3 Å². The first-order valence-electron chi connectivity index (χ1n) is 7.12. The van der Waals surface area contributed by atoms with Gasteiger partial charge in [-0.25, -0.2) is 9.97 Å². The Morgan fingerprint density at radius 1 is 1.29 bits per heavy atom. The zero-order valence-corrected chi connectivity index (χ0v) is 13.2. The fourth-order valence-electron chi connectivity index (χ4n) is 2.58. The maximum atomic E-state index is 5.69. The molecular weight excluding hydrogens is 288 g/mol. The Kier molecular flexibility index (Phi) is 5.20. The maximum absolute atomic E-state index is 5.69. The molecule has 0 saturated carbocycles. The third-order valence-corrected chi connectivity index (χ3v) is 3.72. The molecule has 6 heteroatoms. The monoisotopic (exact) mass is 308 g/mol. The standard InChI is InChI=1S/C15H20N4O.ClH/c1-3-20-15-14(19(2)11-8-9-16-10-11)17-12-6-4-5-7-13(12)18-15;/h4-7,11,16H,3,8-10H2,1-2H3;1H. The molecule has 0 bridgehead atoms. The summed E-state index contributed by atoms with van der Waals surface area (Å²) in [5, 5.41) is 3.38. The van der Waals surface area contributed by atoms with Crippen molar-refractivity contribution in [2.75, 3.05) is 31.6 Å². The lowest BCUT2D eigenvalue weighted by Gasteiger charge is -2.26. The molecule has 0 amide bonds. The number of nitrogens with one attached hydrogen (secondary N) is 1. The first-order valence-corrected chi connectivity index (χ1v) is 7.12. The van der Waals surface area contributed by atoms with Crippen molar-refractivity contribution in [3.8, 4) is 5.88 Å². The normalized spacial score (nSPS) is 17.5. The molecule has 1 aliphatic rings. The second-order valence-corrected chi connectivity index (χ2v) is 5.03. The Hall–Kier alpha value is -1.59. The van der Waals surface area contributed by atoms with Gasteiger partial charge in [0.15, 0.2) is 5.82 Å². The van der Waals surface area contributed by atoms with Gasteiger partial charge in [-0.1, -0.05) is 12.1 Å². The van der Waals surface area contributed by atoms with Crippen molar-refractivity contribution in [2.24, 2.45) is 0 Å². The highest BCUT2D eigenvalue weighted by Gasteiger charge is 2.24. The minimum Gasteiger partial charge on any atom is -0.475 e. The van der Waals surface area contributed by atoms with Gasteiger partial charge < -0.3 is 15.0 Å². The molecule has 3 rings (SSSR count). The molecule has 114 valence electrons. The number of para-hydroxylation sites is 2. The lowest BCUT2D eigenvalue weighted by molar-refractivity contribution is 0.326. The van der Waals surface area contributed by atoms with E-state index in [0.29, 0.717) is 18.5 Å². The van der Waals surface area contributed by atoms with Gasteiger partial charge >= 0.3 is 0 Å². The fourth-order valence-corrected chi connectivity index (χ4v) is 2.58. The molecule has 2 heterocycles. The van der Waals surface area contributed by atoms with Crippen LogP contribution in [0.4, 0.5) is 5.82 Å². The summed E-state index contributed by atoms with van der Waals surface area (Å²) in [6, 6.07) is 8.35. The van der Waals surface area contributed by atoms with E-state index in [1.54, 1.807) is 0 Å². The summed E-state index contributed by atoms with van der Waals surface area (Å²) >= 11 is 0. The van der Waals surface area contributed by atoms with E-state index in [9.17, 15) is 0 Å². The predicted octanol–water partition coefficient (Wildman–Crippen LogP) is 2.25. The zero-order valence-electron chi connectivity index (χ0n) is 12.4. The Balaban J connectivity index is 0.00000161. The summed E-state index contributed by atoms with van der Waals surface area (Å²) in [7, 11) is 2.07. The van der Waals surface area contributed by atoms with Crippen LogP contribution in [0.5, 0.6) is 5.88 Å². The molecule has 0 radical (unpaired) electrons. The number of hydrogen-bond donors (Lipinski definition) is 1. The molecule has 2 aromatic rings. The van der Waals surface area contributed by atoms with Crippen LogP contribution in [-0.2, 0) is 0 Å². The quantitative estimate of drug-likeness (QED) is 0.939. The smallest absolute Gasteiger partial charge is 0.258 e. The molecule has 21 heavy (non-hydrogen) atoms. The highest BCUT2D eigenvalue weighted by molar-refractivity contribution is 5.85. The summed E-state index contributed by atoms with van der Waals surface area (Å²) in [5.41, 5.74) is 1.78. The molecule has 0 spiro atoms. The van der Waals surface area contributed by atoms with Gasteiger partial charge in [-0.05, 0) is 32.0 Å². The van der Waals surface area contributed by atoms with Crippen LogP contribution in [0, 0.1) is 0 Å². The van der Waals surface area contributed by atoms with Crippen LogP contribution in [0.15, 0.2) is 24.3 Å². The Morgan fingerprint density at radius 3 is 2.62 bits per heavy atom. The summed E-state index contributed by atoms with van der Waals surface area (Å²) in [6.45, 7) is 4.60. The van der Waals surface area contributed by atoms with E-state index in [2.05, 4.69) is 22.2 Å². The average Bonchev–Trinajstić information content (AvgIpc) is 3.00. The number of benzene rings is 1. The Bertz CT molecular complexity index is 601. The van der Waals surface area contributed by atoms with Crippen LogP contribution in [0.1, 0.15) is 13.3 Å². The number of halogens is 1. The molecule has 1 aromatic heterocycles. The first kappa shape index (κ1) is 15.8. The van der Waals surface area contributed by atoms with Crippen molar-refractivity contribution < 1.29 is 4.74 Å². The molecule has 1 N–H and O–H groups in total. The van der Waals surface area contributed by atoms with E-state index >= 15 is 0 Å². The van der Waals surface area contributed by atoms with Crippen molar-refractivity contribution in [3.63, 3.8) is 0 Å². The van der Waals surface area contributed by atoms with Crippen molar-refractivity contribution in [1.29, 1.82) is 0 Å². The number of anilines is 1. The second-order valence-electron chi connectivity index (χ2n) is 5.03. The highest BCUT2D eigenvalue weighted by Crippen LogP contribution is 2.28. The number of rotatable bonds is 4. The SMILES string of the molecule is CCOc1nc2ccccc2nc1N(C)C1CCNC1.Cl. The summed E-state index contributed by atoms with van der Waals surface area (Å²) in [4.78, 5) is 11.5. The number of ether oxygens (including phenoxy) is 1. The third-order valence-electron chi connectivity index (χ3n) is 3.72. The van der Waals surface area contributed by atoms with Crippen molar-refractivity contribution in [3.05, 3.63) is 24.3 Å². The van der Waals surface area contributed by atoms with Crippen molar-refractivity contribution in [2.45, 2.75) is 19.4 Å². The Morgan fingerprint density at radius 2 is 2.00 bits per heavy atom. The molecule has 1 aromatic carbocycles. The minimum absolute atomic E-state index is 0. The maximum Gasteiger partial charge on any atom is 0.258 e. The van der Waals surface area contributed by atoms with E-state index in [1.165, 1.54) is 0 Å². The van der Waals surface area contributed by atoms with Gasteiger partial charge in [-0.2, -0.15) is 0 Å². The van der Waals surface area contributed by atoms with E-state index in [1.807, 2.05) is 31.2 Å². The molecule has 1 fully saturated rings. The highest BCUT2D eigenvalue weighted by atomic mass is 35.5. The third kappa shape index (κ3) is 3.19. The van der Waals surface area contributed by atoms with Gasteiger partial charge in [0.2, 0.25) is 0 Å². The molecular formula is C15H21ClN4O. The van der Waals surface area contributed by atoms with Crippen LogP contribution < -0.4 is 15.0 Å². The largest absolute Gasteiger partial charge is 0.475 e. The average molecular weight is 309 g/mol. The number of likely N-dealkylation sites (N-methyl/N-ethyl adjacent to an activating group) is 1. The van der Waals surface area contributed by atoms with Crippen LogP contribution in [0.3, 0.4) is 0 Å². The van der Waals surface area contributed by atoms with Gasteiger partial charge in [-0.15, -0.1) is 12.4 Å². The van der Waals surface area contributed by atoms with Gasteiger partial charge in [0, 0.05) is 19.6 Å². The lowest BCUT2D eigenvalue weighted by atomic mass is 10.2. The number of hydrogen-bond acceptors (Lipinski definition) is 5. The number of fused-ring (bicyclic) bond motifs is 1. The molecule has 1 aliphatic heterocycles. The van der Waals surface area contributed by atoms with Crippen LogP contribution in [0.2, 0.25) is 0 Å². The molecule has 1 unspecified atom stereocenters. The van der Waals surface area contributed by atoms with Crippen LogP contribution >= 0.6 is 12.4 Å². The predicted molar refractivity (Wildman–Crippen MR) is 87.6 cm³/mol. The first-order chi connectivity index (χ1) is 9.79. The van der Waals surface area contributed by atoms with E-state index in [0.717, 1.165) is 36.4 Å². The number of nitrogens with zero attached hydrogens (tertiary/aromatic N) is 3. The van der Waals surface area contributed by atoms with Crippen LogP contribution in [-0.4, -0.2) is 42.8 Å². The minimum atomic E-state index is 0. The topological polar surface area (TPSA) is 50.3 Å². The summed E-state index contributed by atoms with van der Waals surface area (Å²) < 4.78 is 5.69.